The van der Waals surface area contributed by atoms with Crippen LogP contribution in [-0.4, -0.2) is 42.2 Å². The molecular weight excluding hydrogens is 356 g/mol. The lowest BCUT2D eigenvalue weighted by Crippen LogP contribution is -2.49. The van der Waals surface area contributed by atoms with E-state index in [0.717, 1.165) is 36.0 Å². The first-order chi connectivity index (χ1) is 11.1. The van der Waals surface area contributed by atoms with Crippen LogP contribution in [0.5, 0.6) is 0 Å². The Morgan fingerprint density at radius 3 is 2.78 bits per heavy atom. The van der Waals surface area contributed by atoms with Crippen molar-refractivity contribution < 1.29 is 9.90 Å². The predicted molar refractivity (Wildman–Crippen MR) is 93.3 cm³/mol. The van der Waals surface area contributed by atoms with Crippen molar-refractivity contribution in [1.29, 1.82) is 0 Å². The summed E-state index contributed by atoms with van der Waals surface area (Å²) < 4.78 is 1.05. The van der Waals surface area contributed by atoms with Crippen LogP contribution in [0, 0.1) is 11.8 Å². The van der Waals surface area contributed by atoms with Crippen LogP contribution < -0.4 is 4.90 Å². The monoisotopic (exact) mass is 378 g/mol. The molecule has 0 aromatic heterocycles. The van der Waals surface area contributed by atoms with Gasteiger partial charge < -0.3 is 14.9 Å². The summed E-state index contributed by atoms with van der Waals surface area (Å²) in [6.07, 6.45) is 4.25. The van der Waals surface area contributed by atoms with Crippen molar-refractivity contribution in [3.05, 3.63) is 28.2 Å². The molecule has 4 nitrogen and oxygen atoms in total. The Kier molecular flexibility index (Phi) is 3.88. The van der Waals surface area contributed by atoms with E-state index < -0.39 is 0 Å². The zero-order valence-electron chi connectivity index (χ0n) is 13.4. The van der Waals surface area contributed by atoms with E-state index in [2.05, 4.69) is 44.9 Å². The molecule has 1 aromatic rings. The minimum atomic E-state index is 0.0906. The van der Waals surface area contributed by atoms with Crippen LogP contribution in [0.25, 0.3) is 0 Å². The number of carbonyl (C=O) groups excluding carboxylic acids is 1. The highest BCUT2D eigenvalue weighted by Crippen LogP contribution is 2.50. The second-order valence-electron chi connectivity index (χ2n) is 7.12. The van der Waals surface area contributed by atoms with Gasteiger partial charge in [0, 0.05) is 35.6 Å². The SMILES string of the molecule is CN1c2ccc(Br)cc2[C@H]2[C@H](CCN2C(=O)C2CCC2)[C@@H]1CO. The molecular formula is C18H23BrN2O2. The van der Waals surface area contributed by atoms with Gasteiger partial charge in [0.2, 0.25) is 5.91 Å². The summed E-state index contributed by atoms with van der Waals surface area (Å²) in [5.41, 5.74) is 2.36. The van der Waals surface area contributed by atoms with Gasteiger partial charge in [0.25, 0.3) is 0 Å². The third-order valence-electron chi connectivity index (χ3n) is 6.05. The number of likely N-dealkylation sites (N-methyl/N-ethyl adjacent to an activating group) is 1. The number of hydrogen-bond donors (Lipinski definition) is 1. The lowest BCUT2D eigenvalue weighted by molar-refractivity contribution is -0.139. The van der Waals surface area contributed by atoms with Crippen molar-refractivity contribution >= 4 is 27.5 Å². The molecule has 0 spiro atoms. The van der Waals surface area contributed by atoms with Gasteiger partial charge >= 0.3 is 0 Å². The van der Waals surface area contributed by atoms with Gasteiger partial charge in [-0.15, -0.1) is 0 Å². The van der Waals surface area contributed by atoms with Gasteiger partial charge in [-0.2, -0.15) is 0 Å². The fourth-order valence-corrected chi connectivity index (χ4v) is 4.94. The van der Waals surface area contributed by atoms with Crippen molar-refractivity contribution in [2.24, 2.45) is 11.8 Å². The Morgan fingerprint density at radius 2 is 2.13 bits per heavy atom. The maximum Gasteiger partial charge on any atom is 0.226 e. The molecule has 1 saturated carbocycles. The number of likely N-dealkylation sites (tertiary alicyclic amines) is 1. The van der Waals surface area contributed by atoms with Crippen LogP contribution in [-0.2, 0) is 4.79 Å². The molecule has 23 heavy (non-hydrogen) atoms. The quantitative estimate of drug-likeness (QED) is 0.860. The number of nitrogens with zero attached hydrogens (tertiary/aromatic N) is 2. The van der Waals surface area contributed by atoms with Crippen molar-refractivity contribution in [3.8, 4) is 0 Å². The topological polar surface area (TPSA) is 43.8 Å². The van der Waals surface area contributed by atoms with Crippen LogP contribution in [0.1, 0.15) is 37.3 Å². The van der Waals surface area contributed by atoms with E-state index in [9.17, 15) is 9.90 Å². The summed E-state index contributed by atoms with van der Waals surface area (Å²) in [6.45, 7) is 0.958. The number of aliphatic hydroxyl groups excluding tert-OH is 1. The molecule has 1 saturated heterocycles. The molecule has 3 atom stereocenters. The molecule has 0 bridgehead atoms. The van der Waals surface area contributed by atoms with Crippen LogP contribution in [0.2, 0.25) is 0 Å². The van der Waals surface area contributed by atoms with Crippen LogP contribution in [0.4, 0.5) is 5.69 Å². The van der Waals surface area contributed by atoms with Crippen LogP contribution >= 0.6 is 15.9 Å². The van der Waals surface area contributed by atoms with Gasteiger partial charge in [0.05, 0.1) is 18.7 Å². The van der Waals surface area contributed by atoms with Crippen molar-refractivity contribution in [3.63, 3.8) is 0 Å². The molecule has 1 aromatic carbocycles. The van der Waals surface area contributed by atoms with E-state index in [-0.39, 0.29) is 24.6 Å². The average molecular weight is 379 g/mol. The maximum absolute atomic E-state index is 12.9. The van der Waals surface area contributed by atoms with Gasteiger partial charge in [-0.25, -0.2) is 0 Å². The molecule has 2 heterocycles. The molecule has 1 aliphatic carbocycles. The second kappa shape index (κ2) is 5.78. The molecule has 0 unspecified atom stereocenters. The maximum atomic E-state index is 12.9. The molecule has 124 valence electrons. The van der Waals surface area contributed by atoms with E-state index >= 15 is 0 Å². The molecule has 0 radical (unpaired) electrons. The van der Waals surface area contributed by atoms with Crippen molar-refractivity contribution in [2.75, 3.05) is 25.1 Å². The molecule has 5 heteroatoms. The first-order valence-electron chi connectivity index (χ1n) is 8.55. The standard InChI is InChI=1S/C18H23BrN2O2/c1-20-15-6-5-12(19)9-14(15)17-13(16(20)10-22)7-8-21(17)18(23)11-3-2-4-11/h5-6,9,11,13,16-17,22H,2-4,7-8,10H2,1H3/t13-,16+,17-/m1/s1. The van der Waals surface area contributed by atoms with Gasteiger partial charge in [-0.3, -0.25) is 4.79 Å². The highest BCUT2D eigenvalue weighted by atomic mass is 79.9. The third-order valence-corrected chi connectivity index (χ3v) is 6.54. The first kappa shape index (κ1) is 15.5. The first-order valence-corrected chi connectivity index (χ1v) is 9.34. The minimum absolute atomic E-state index is 0.0906. The van der Waals surface area contributed by atoms with Gasteiger partial charge in [0.1, 0.15) is 0 Å². The van der Waals surface area contributed by atoms with Gasteiger partial charge in [-0.1, -0.05) is 22.4 Å². The highest BCUT2D eigenvalue weighted by molar-refractivity contribution is 9.10. The van der Waals surface area contributed by atoms with Crippen molar-refractivity contribution in [2.45, 2.75) is 37.8 Å². The zero-order valence-corrected chi connectivity index (χ0v) is 15.0. The Balaban J connectivity index is 1.76. The predicted octanol–water partition coefficient (Wildman–Crippen LogP) is 2.95. The number of benzene rings is 1. The lowest BCUT2D eigenvalue weighted by atomic mass is 9.80. The molecule has 1 N–H and O–H groups in total. The van der Waals surface area contributed by atoms with E-state index in [1.54, 1.807) is 0 Å². The second-order valence-corrected chi connectivity index (χ2v) is 8.04. The number of hydrogen-bond acceptors (Lipinski definition) is 3. The summed E-state index contributed by atoms with van der Waals surface area (Å²) in [5, 5.41) is 9.93. The van der Waals surface area contributed by atoms with E-state index in [1.165, 1.54) is 12.0 Å². The summed E-state index contributed by atoms with van der Waals surface area (Å²) in [6, 6.07) is 6.50. The number of rotatable bonds is 2. The van der Waals surface area contributed by atoms with E-state index in [4.69, 9.17) is 0 Å². The molecule has 3 aliphatic rings. The van der Waals surface area contributed by atoms with Crippen LogP contribution in [0.3, 0.4) is 0 Å². The summed E-state index contributed by atoms with van der Waals surface area (Å²) in [5.74, 6) is 0.878. The normalized spacial score (nSPS) is 30.0. The number of carbonyl (C=O) groups is 1. The highest BCUT2D eigenvalue weighted by Gasteiger charge is 2.48. The summed E-state index contributed by atoms with van der Waals surface area (Å²) in [4.78, 5) is 17.2. The lowest BCUT2D eigenvalue weighted by Gasteiger charge is -2.45. The fourth-order valence-electron chi connectivity index (χ4n) is 4.56. The number of aliphatic hydroxyl groups is 1. The average Bonchev–Trinajstić information content (AvgIpc) is 2.90. The van der Waals surface area contributed by atoms with Crippen LogP contribution in [0.15, 0.2) is 22.7 Å². The largest absolute Gasteiger partial charge is 0.394 e. The molecule has 2 fully saturated rings. The zero-order chi connectivity index (χ0) is 16.1. The molecule has 2 aliphatic heterocycles. The summed E-state index contributed by atoms with van der Waals surface area (Å²) in [7, 11) is 2.06. The van der Waals surface area contributed by atoms with Gasteiger partial charge in [0.15, 0.2) is 0 Å². The smallest absolute Gasteiger partial charge is 0.226 e. The van der Waals surface area contributed by atoms with E-state index in [0.29, 0.717) is 11.8 Å². The van der Waals surface area contributed by atoms with Crippen molar-refractivity contribution in [1.82, 2.24) is 4.90 Å². The summed E-state index contributed by atoms with van der Waals surface area (Å²) >= 11 is 3.58. The fraction of sp³-hybridized carbons (Fsp3) is 0.611. The third kappa shape index (κ3) is 2.31. The number of amides is 1. The number of fused-ring (bicyclic) bond motifs is 3. The number of anilines is 1. The Hall–Kier alpha value is -1.07. The Labute approximate surface area is 145 Å². The number of halogens is 1. The minimum Gasteiger partial charge on any atom is -0.394 e. The Morgan fingerprint density at radius 1 is 1.35 bits per heavy atom. The van der Waals surface area contributed by atoms with E-state index in [1.807, 2.05) is 6.07 Å². The molecule has 4 rings (SSSR count). The van der Waals surface area contributed by atoms with Gasteiger partial charge in [-0.05, 0) is 43.0 Å². The Bertz CT molecular complexity index is 631. The molecule has 1 amide bonds.